The van der Waals surface area contributed by atoms with Crippen LogP contribution in [0.5, 0.6) is 0 Å². The molecule has 0 radical (unpaired) electrons. The molecule has 2 rings (SSSR count). The van der Waals surface area contributed by atoms with Gasteiger partial charge in [0.15, 0.2) is 0 Å². The molecular weight excluding hydrogens is 291 g/mol. The maximum absolute atomic E-state index is 13.7. The highest BCUT2D eigenvalue weighted by Gasteiger charge is 2.33. The summed E-state index contributed by atoms with van der Waals surface area (Å²) < 4.78 is 13.7. The maximum atomic E-state index is 13.7. The van der Waals surface area contributed by atoms with E-state index < -0.39 is 0 Å². The van der Waals surface area contributed by atoms with Crippen molar-refractivity contribution in [1.82, 2.24) is 5.32 Å². The summed E-state index contributed by atoms with van der Waals surface area (Å²) in [4.78, 5) is 24.6. The molecule has 0 aliphatic carbocycles. The number of nitrogens with one attached hydrogen (secondary N) is 1. The van der Waals surface area contributed by atoms with E-state index >= 15 is 0 Å². The van der Waals surface area contributed by atoms with Crippen LogP contribution in [0.15, 0.2) is 24.3 Å². The molecule has 1 N–H and O–H groups in total. The third-order valence-electron chi connectivity index (χ3n) is 3.31. The summed E-state index contributed by atoms with van der Waals surface area (Å²) in [5, 5.41) is 2.62. The lowest BCUT2D eigenvalue weighted by atomic mass is 10.3. The molecule has 1 aromatic rings. The molecule has 1 heterocycles. The highest BCUT2D eigenvalue weighted by Crippen LogP contribution is 2.30. The van der Waals surface area contributed by atoms with Crippen molar-refractivity contribution in [3.05, 3.63) is 30.1 Å². The van der Waals surface area contributed by atoms with E-state index in [1.54, 1.807) is 30.0 Å². The van der Waals surface area contributed by atoms with Crippen LogP contribution in [0.25, 0.3) is 0 Å². The molecule has 0 aromatic heterocycles. The first kappa shape index (κ1) is 15.8. The van der Waals surface area contributed by atoms with E-state index in [1.165, 1.54) is 17.9 Å². The molecule has 1 atom stereocenters. The minimum Gasteiger partial charge on any atom is -0.356 e. The van der Waals surface area contributed by atoms with Gasteiger partial charge in [-0.25, -0.2) is 4.39 Å². The number of anilines is 1. The van der Waals surface area contributed by atoms with Gasteiger partial charge < -0.3 is 10.2 Å². The van der Waals surface area contributed by atoms with Gasteiger partial charge in [-0.05, 0) is 30.7 Å². The standard InChI is InChI=1S/C15H19FN2O2S/c1-11(19)17-8-4-10-21-14-7-9-18(15(14)20)13-6-3-2-5-12(13)16/h2-3,5-6,14H,4,7-10H2,1H3,(H,17,19)/t14-/m1/s1. The van der Waals surface area contributed by atoms with Crippen molar-refractivity contribution in [1.29, 1.82) is 0 Å². The van der Waals surface area contributed by atoms with E-state index in [2.05, 4.69) is 5.32 Å². The molecular formula is C15H19FN2O2S. The van der Waals surface area contributed by atoms with E-state index in [-0.39, 0.29) is 22.9 Å². The lowest BCUT2D eigenvalue weighted by molar-refractivity contribution is -0.119. The van der Waals surface area contributed by atoms with Crippen LogP contribution in [0.2, 0.25) is 0 Å². The van der Waals surface area contributed by atoms with E-state index in [1.807, 2.05) is 0 Å². The van der Waals surface area contributed by atoms with E-state index in [4.69, 9.17) is 0 Å². The minimum absolute atomic E-state index is 0.0235. The second-order valence-corrected chi connectivity index (χ2v) is 6.24. The van der Waals surface area contributed by atoms with Crippen molar-refractivity contribution in [3.8, 4) is 0 Å². The zero-order valence-corrected chi connectivity index (χ0v) is 12.8. The number of hydrogen-bond acceptors (Lipinski definition) is 3. The molecule has 0 unspecified atom stereocenters. The number of nitrogens with zero attached hydrogens (tertiary/aromatic N) is 1. The fraction of sp³-hybridized carbons (Fsp3) is 0.467. The maximum Gasteiger partial charge on any atom is 0.240 e. The molecule has 0 bridgehead atoms. The average molecular weight is 310 g/mol. The largest absolute Gasteiger partial charge is 0.356 e. The van der Waals surface area contributed by atoms with Gasteiger partial charge in [0.05, 0.1) is 10.9 Å². The Bertz CT molecular complexity index is 524. The first-order valence-electron chi connectivity index (χ1n) is 7.01. The summed E-state index contributed by atoms with van der Waals surface area (Å²) in [6.45, 7) is 2.67. The lowest BCUT2D eigenvalue weighted by Crippen LogP contribution is -2.29. The van der Waals surface area contributed by atoms with Crippen LogP contribution in [0, 0.1) is 5.82 Å². The summed E-state index contributed by atoms with van der Waals surface area (Å²) in [6.07, 6.45) is 1.56. The molecule has 1 aliphatic rings. The summed E-state index contributed by atoms with van der Waals surface area (Å²) >= 11 is 1.58. The third kappa shape index (κ3) is 4.20. The molecule has 21 heavy (non-hydrogen) atoms. The third-order valence-corrected chi connectivity index (χ3v) is 4.68. The molecule has 1 aromatic carbocycles. The first-order valence-corrected chi connectivity index (χ1v) is 8.06. The summed E-state index contributed by atoms with van der Waals surface area (Å²) in [5.74, 6) is 0.386. The second kappa shape index (κ2) is 7.45. The van der Waals surface area contributed by atoms with Gasteiger partial charge in [0.1, 0.15) is 5.82 Å². The minimum atomic E-state index is -0.359. The van der Waals surface area contributed by atoms with Gasteiger partial charge in [-0.3, -0.25) is 9.59 Å². The summed E-state index contributed by atoms with van der Waals surface area (Å²) in [5.41, 5.74) is 0.365. The van der Waals surface area contributed by atoms with Gasteiger partial charge in [0, 0.05) is 20.0 Å². The lowest BCUT2D eigenvalue weighted by Gasteiger charge is -2.17. The number of hydrogen-bond donors (Lipinski definition) is 1. The molecule has 1 aliphatic heterocycles. The highest BCUT2D eigenvalue weighted by molar-refractivity contribution is 8.00. The van der Waals surface area contributed by atoms with Crippen LogP contribution in [0.4, 0.5) is 10.1 Å². The number of benzene rings is 1. The molecule has 1 fully saturated rings. The number of amides is 2. The number of halogens is 1. The van der Waals surface area contributed by atoms with Crippen molar-refractivity contribution in [2.24, 2.45) is 0 Å². The smallest absolute Gasteiger partial charge is 0.240 e. The van der Waals surface area contributed by atoms with Crippen molar-refractivity contribution < 1.29 is 14.0 Å². The Balaban J connectivity index is 1.82. The highest BCUT2D eigenvalue weighted by atomic mass is 32.2. The monoisotopic (exact) mass is 310 g/mol. The van der Waals surface area contributed by atoms with Crippen LogP contribution in [0.1, 0.15) is 19.8 Å². The Morgan fingerprint density at radius 2 is 2.24 bits per heavy atom. The fourth-order valence-corrected chi connectivity index (χ4v) is 3.42. The SMILES string of the molecule is CC(=O)NCCCS[C@@H]1CCN(c2ccccc2F)C1=O. The van der Waals surface area contributed by atoms with Crippen molar-refractivity contribution >= 4 is 29.3 Å². The Kier molecular flexibility index (Phi) is 5.61. The van der Waals surface area contributed by atoms with Gasteiger partial charge in [0.25, 0.3) is 0 Å². The Hall–Kier alpha value is -1.56. The molecule has 6 heteroatoms. The van der Waals surface area contributed by atoms with Crippen LogP contribution in [-0.4, -0.2) is 35.9 Å². The molecule has 0 spiro atoms. The molecule has 4 nitrogen and oxygen atoms in total. The molecule has 0 saturated carbocycles. The summed E-state index contributed by atoms with van der Waals surface area (Å²) in [6, 6.07) is 6.36. The topological polar surface area (TPSA) is 49.4 Å². The van der Waals surface area contributed by atoms with E-state index in [0.717, 1.165) is 18.6 Å². The van der Waals surface area contributed by atoms with Gasteiger partial charge in [-0.15, -0.1) is 11.8 Å². The zero-order valence-electron chi connectivity index (χ0n) is 12.0. The van der Waals surface area contributed by atoms with Gasteiger partial charge in [0.2, 0.25) is 11.8 Å². The number of thioether (sulfide) groups is 1. The van der Waals surface area contributed by atoms with Crippen molar-refractivity contribution in [2.45, 2.75) is 25.0 Å². The Morgan fingerprint density at radius 1 is 1.48 bits per heavy atom. The predicted molar refractivity (Wildman–Crippen MR) is 82.9 cm³/mol. The normalized spacial score (nSPS) is 18.1. The van der Waals surface area contributed by atoms with Gasteiger partial charge >= 0.3 is 0 Å². The Labute approximate surface area is 128 Å². The average Bonchev–Trinajstić information content (AvgIpc) is 2.80. The molecule has 1 saturated heterocycles. The first-order chi connectivity index (χ1) is 10.1. The molecule has 2 amide bonds. The molecule has 114 valence electrons. The summed E-state index contributed by atoms with van der Waals surface area (Å²) in [7, 11) is 0. The fourth-order valence-electron chi connectivity index (χ4n) is 2.28. The van der Waals surface area contributed by atoms with Crippen LogP contribution >= 0.6 is 11.8 Å². The van der Waals surface area contributed by atoms with E-state index in [0.29, 0.717) is 18.8 Å². The van der Waals surface area contributed by atoms with Gasteiger partial charge in [-0.2, -0.15) is 0 Å². The second-order valence-electron chi connectivity index (χ2n) is 4.93. The predicted octanol–water partition coefficient (Wildman–Crippen LogP) is 2.19. The quantitative estimate of drug-likeness (QED) is 0.820. The number of para-hydroxylation sites is 1. The van der Waals surface area contributed by atoms with Crippen LogP contribution in [-0.2, 0) is 9.59 Å². The Morgan fingerprint density at radius 3 is 2.95 bits per heavy atom. The number of rotatable bonds is 6. The van der Waals surface area contributed by atoms with Gasteiger partial charge in [-0.1, -0.05) is 12.1 Å². The van der Waals surface area contributed by atoms with Crippen molar-refractivity contribution in [2.75, 3.05) is 23.7 Å². The number of carbonyl (C=O) groups is 2. The zero-order chi connectivity index (χ0) is 15.2. The van der Waals surface area contributed by atoms with E-state index in [9.17, 15) is 14.0 Å². The van der Waals surface area contributed by atoms with Crippen LogP contribution in [0.3, 0.4) is 0 Å². The van der Waals surface area contributed by atoms with Crippen LogP contribution < -0.4 is 10.2 Å². The number of carbonyl (C=O) groups excluding carboxylic acids is 2. The van der Waals surface area contributed by atoms with Crippen molar-refractivity contribution in [3.63, 3.8) is 0 Å².